The quantitative estimate of drug-likeness (QED) is 0.264. The van der Waals surface area contributed by atoms with Gasteiger partial charge in [0.2, 0.25) is 0 Å². The summed E-state index contributed by atoms with van der Waals surface area (Å²) in [6.07, 6.45) is 1.41. The van der Waals surface area contributed by atoms with Crippen LogP contribution in [0, 0.1) is 0 Å². The molecule has 0 aliphatic heterocycles. The van der Waals surface area contributed by atoms with Gasteiger partial charge in [-0.2, -0.15) is 4.98 Å². The van der Waals surface area contributed by atoms with Gasteiger partial charge in [-0.1, -0.05) is 71.9 Å². The van der Waals surface area contributed by atoms with Gasteiger partial charge in [-0.15, -0.1) is 0 Å². The number of carbonyl (C=O) groups excluding carboxylic acids is 1. The number of benzene rings is 2. The summed E-state index contributed by atoms with van der Waals surface area (Å²) in [6, 6.07) is 18.2. The number of aromatic nitrogens is 2. The molecule has 0 fully saturated rings. The predicted octanol–water partition coefficient (Wildman–Crippen LogP) is 7.57. The zero-order valence-corrected chi connectivity index (χ0v) is 27.7. The van der Waals surface area contributed by atoms with Crippen LogP contribution in [-0.4, -0.2) is 38.7 Å². The molecule has 1 amide bonds. The third-order valence-electron chi connectivity index (χ3n) is 8.27. The number of hydrogen-bond donors (Lipinski definition) is 1. The summed E-state index contributed by atoms with van der Waals surface area (Å²) in [5.74, 6) is -0.111. The first kappa shape index (κ1) is 31.7. The van der Waals surface area contributed by atoms with E-state index in [1.54, 1.807) is 36.5 Å². The molecule has 0 saturated heterocycles. The largest absolute Gasteiger partial charge is 0.414 e. The van der Waals surface area contributed by atoms with E-state index < -0.39 is 22.3 Å². The van der Waals surface area contributed by atoms with Gasteiger partial charge >= 0.3 is 5.69 Å². The molecule has 7 nitrogen and oxygen atoms in total. The molecule has 0 aliphatic carbocycles. The molecule has 0 radical (unpaired) electrons. The maximum atomic E-state index is 12.8. The number of hydrogen-bond acceptors (Lipinski definition) is 5. The van der Waals surface area contributed by atoms with E-state index in [2.05, 4.69) is 78.0 Å². The van der Waals surface area contributed by atoms with Crippen LogP contribution >= 0.6 is 0 Å². The van der Waals surface area contributed by atoms with Gasteiger partial charge in [-0.05, 0) is 72.2 Å². The minimum atomic E-state index is -2.09. The fourth-order valence-corrected chi connectivity index (χ4v) is 5.80. The molecule has 2 aromatic carbocycles. The van der Waals surface area contributed by atoms with Gasteiger partial charge < -0.3 is 14.2 Å². The fourth-order valence-electron chi connectivity index (χ4n) is 3.53. The third-order valence-corrected chi connectivity index (χ3v) is 17.3. The Bertz CT molecular complexity index is 1360. The van der Waals surface area contributed by atoms with Crippen LogP contribution in [-0.2, 0) is 8.85 Å². The van der Waals surface area contributed by atoms with Gasteiger partial charge in [-0.25, -0.2) is 4.79 Å². The predicted molar refractivity (Wildman–Crippen MR) is 168 cm³/mol. The molecule has 3 rings (SSSR count). The Morgan fingerprint density at radius 3 is 1.98 bits per heavy atom. The minimum Gasteiger partial charge on any atom is -0.414 e. The Balaban J connectivity index is 1.84. The first-order valence-electron chi connectivity index (χ1n) is 13.8. The summed E-state index contributed by atoms with van der Waals surface area (Å²) >= 11 is 0. The van der Waals surface area contributed by atoms with E-state index in [1.807, 2.05) is 30.3 Å². The van der Waals surface area contributed by atoms with Crippen LogP contribution in [0.1, 0.15) is 63.6 Å². The normalized spacial score (nSPS) is 13.7. The topological polar surface area (TPSA) is 82.4 Å². The number of amides is 1. The van der Waals surface area contributed by atoms with Crippen LogP contribution < -0.4 is 11.0 Å². The molecule has 0 bridgehead atoms. The fraction of sp³-hybridized carbons (Fsp3) is 0.452. The van der Waals surface area contributed by atoms with Crippen LogP contribution in [0.5, 0.6) is 0 Å². The first-order chi connectivity index (χ1) is 18.4. The number of anilines is 1. The Kier molecular flexibility index (Phi) is 9.45. The second-order valence-corrected chi connectivity index (χ2v) is 22.9. The summed E-state index contributed by atoms with van der Waals surface area (Å²) < 4.78 is 14.9. The second kappa shape index (κ2) is 11.9. The van der Waals surface area contributed by atoms with Crippen molar-refractivity contribution in [2.75, 3.05) is 11.9 Å². The van der Waals surface area contributed by atoms with E-state index in [-0.39, 0.29) is 27.9 Å². The average Bonchev–Trinajstić information content (AvgIpc) is 2.86. The van der Waals surface area contributed by atoms with Crippen LogP contribution in [0.3, 0.4) is 0 Å². The molecular formula is C31H45N3O4Si2. The molecule has 0 aliphatic rings. The molecule has 40 heavy (non-hydrogen) atoms. The van der Waals surface area contributed by atoms with E-state index in [4.69, 9.17) is 8.85 Å². The summed E-state index contributed by atoms with van der Waals surface area (Å²) in [5, 5.41) is 2.84. The Hall–Kier alpha value is -2.86. The van der Waals surface area contributed by atoms with E-state index >= 15 is 0 Å². The molecule has 216 valence electrons. The van der Waals surface area contributed by atoms with Crippen LogP contribution in [0.15, 0.2) is 71.7 Å². The summed E-state index contributed by atoms with van der Waals surface area (Å²) in [7, 11) is -4.07. The van der Waals surface area contributed by atoms with Crippen LogP contribution in [0.4, 0.5) is 5.82 Å². The highest BCUT2D eigenvalue weighted by Gasteiger charge is 2.41. The van der Waals surface area contributed by atoms with E-state index in [9.17, 15) is 9.59 Å². The zero-order chi connectivity index (χ0) is 29.9. The van der Waals surface area contributed by atoms with E-state index in [0.717, 1.165) is 5.56 Å². The lowest BCUT2D eigenvalue weighted by atomic mass is 10.1. The highest BCUT2D eigenvalue weighted by molar-refractivity contribution is 6.74. The Morgan fingerprint density at radius 2 is 1.45 bits per heavy atom. The molecule has 1 aromatic heterocycles. The molecule has 1 N–H and O–H groups in total. The maximum absolute atomic E-state index is 12.8. The van der Waals surface area contributed by atoms with Crippen LogP contribution in [0.2, 0.25) is 36.3 Å². The lowest BCUT2D eigenvalue weighted by molar-refractivity contribution is 0.102. The molecule has 1 atom stereocenters. The molecule has 1 heterocycles. The van der Waals surface area contributed by atoms with Crippen molar-refractivity contribution in [2.24, 2.45) is 0 Å². The van der Waals surface area contributed by atoms with Gasteiger partial charge in [0.1, 0.15) is 5.82 Å². The van der Waals surface area contributed by atoms with E-state index in [1.165, 1.54) is 4.57 Å². The number of carbonyl (C=O) groups is 1. The van der Waals surface area contributed by atoms with Crippen molar-refractivity contribution in [1.29, 1.82) is 0 Å². The lowest BCUT2D eigenvalue weighted by Crippen LogP contribution is -2.45. The molecule has 3 aromatic rings. The molecule has 0 saturated carbocycles. The van der Waals surface area contributed by atoms with Crippen molar-refractivity contribution in [1.82, 2.24) is 9.55 Å². The summed E-state index contributed by atoms with van der Waals surface area (Å²) in [6.45, 7) is 22.9. The van der Waals surface area contributed by atoms with Gasteiger partial charge in [0.15, 0.2) is 16.6 Å². The lowest BCUT2D eigenvalue weighted by Gasteiger charge is -2.41. The Morgan fingerprint density at radius 1 is 0.875 bits per heavy atom. The maximum Gasteiger partial charge on any atom is 0.354 e. The van der Waals surface area contributed by atoms with Gasteiger partial charge in [-0.3, -0.25) is 9.36 Å². The first-order valence-corrected chi connectivity index (χ1v) is 19.6. The molecule has 0 spiro atoms. The minimum absolute atomic E-state index is 0.0544. The summed E-state index contributed by atoms with van der Waals surface area (Å²) in [5.41, 5.74) is 1.71. The Labute approximate surface area is 241 Å². The van der Waals surface area contributed by atoms with Gasteiger partial charge in [0, 0.05) is 11.8 Å². The van der Waals surface area contributed by atoms with Crippen LogP contribution in [0.25, 0.3) is 5.69 Å². The van der Waals surface area contributed by atoms with Gasteiger partial charge in [0.05, 0.1) is 18.4 Å². The van der Waals surface area contributed by atoms with Crippen molar-refractivity contribution < 1.29 is 13.6 Å². The van der Waals surface area contributed by atoms with E-state index in [0.29, 0.717) is 17.9 Å². The zero-order valence-electron chi connectivity index (χ0n) is 25.7. The average molecular weight is 580 g/mol. The molecular weight excluding hydrogens is 535 g/mol. The summed E-state index contributed by atoms with van der Waals surface area (Å²) in [4.78, 5) is 29.4. The second-order valence-electron chi connectivity index (χ2n) is 13.3. The third kappa shape index (κ3) is 7.66. The highest BCUT2D eigenvalue weighted by atomic mass is 28.4. The molecule has 0 unspecified atom stereocenters. The standard InChI is InChI=1S/C31H45N3O4Si2/c1-30(2,3)39(7,8)37-22-26(38-40(9,10)31(4,5)6)23-16-18-25(19-17-23)34-21-20-27(33-29(34)36)32-28(35)24-14-12-11-13-15-24/h11-21,26H,22H2,1-10H3,(H,32,33,35,36)/t26-/m1/s1. The number of nitrogens with zero attached hydrogens (tertiary/aromatic N) is 2. The molecule has 9 heteroatoms. The number of nitrogens with one attached hydrogen (secondary N) is 1. The monoisotopic (exact) mass is 579 g/mol. The smallest absolute Gasteiger partial charge is 0.354 e. The highest BCUT2D eigenvalue weighted by Crippen LogP contribution is 2.41. The van der Waals surface area contributed by atoms with Crippen molar-refractivity contribution in [3.05, 3.63) is 88.5 Å². The SMILES string of the molecule is CC(C)(C)[Si](C)(C)OC[C@@H](O[Si](C)(C)C(C)(C)C)c1ccc(-n2ccc(NC(=O)c3ccccc3)nc2=O)cc1. The van der Waals surface area contributed by atoms with Gasteiger partial charge in [0.25, 0.3) is 5.91 Å². The number of rotatable bonds is 9. The van der Waals surface area contributed by atoms with Crippen molar-refractivity contribution in [3.63, 3.8) is 0 Å². The van der Waals surface area contributed by atoms with Crippen molar-refractivity contribution in [3.8, 4) is 5.69 Å². The van der Waals surface area contributed by atoms with Crippen molar-refractivity contribution in [2.45, 2.75) is 83.9 Å². The van der Waals surface area contributed by atoms with Crippen molar-refractivity contribution >= 4 is 28.4 Å².